The van der Waals surface area contributed by atoms with Crippen LogP contribution < -0.4 is 5.32 Å². The van der Waals surface area contributed by atoms with Gasteiger partial charge in [0.05, 0.1) is 32.0 Å². The first-order chi connectivity index (χ1) is 44.1. The van der Waals surface area contributed by atoms with Crippen molar-refractivity contribution in [1.82, 2.24) is 5.32 Å². The Balaban J connectivity index is 1.59. The van der Waals surface area contributed by atoms with E-state index < -0.39 is 86.8 Å². The molecule has 14 heteroatoms. The minimum atomic E-state index is -1.79. The molecule has 14 nitrogen and oxygen atoms in total. The summed E-state index contributed by atoms with van der Waals surface area (Å²) in [5, 5.41) is 87.5. The number of ether oxygens (including phenoxy) is 4. The van der Waals surface area contributed by atoms with Crippen molar-refractivity contribution >= 4 is 5.91 Å². The summed E-state index contributed by atoms with van der Waals surface area (Å²) in [4.78, 5) is 13.3. The minimum absolute atomic E-state index is 0.233. The van der Waals surface area contributed by atoms with Gasteiger partial charge in [0.1, 0.15) is 48.8 Å². The molecule has 0 aromatic carbocycles. The number of rotatable bonds is 63. The van der Waals surface area contributed by atoms with Crippen molar-refractivity contribution in [2.24, 2.45) is 0 Å². The van der Waals surface area contributed by atoms with E-state index in [0.29, 0.717) is 6.42 Å². The van der Waals surface area contributed by atoms with Crippen LogP contribution >= 0.6 is 0 Å². The molecule has 0 spiro atoms. The zero-order chi connectivity index (χ0) is 65.2. The Hall–Kier alpha value is -2.05. The number of aliphatic hydroxyl groups excluding tert-OH is 8. The quantitative estimate of drug-likeness (QED) is 0.0204. The highest BCUT2D eigenvalue weighted by molar-refractivity contribution is 5.76. The fourth-order valence-electron chi connectivity index (χ4n) is 12.5. The van der Waals surface area contributed by atoms with Crippen molar-refractivity contribution in [3.05, 3.63) is 48.6 Å². The van der Waals surface area contributed by atoms with Gasteiger partial charge in [-0.1, -0.05) is 319 Å². The van der Waals surface area contributed by atoms with Crippen molar-refractivity contribution in [3.63, 3.8) is 0 Å². The SMILES string of the molecule is CCCCCCC/C=C\C/C=C\C/C=C\CCCCCCCCCCCCCCCCCCCCCCCCC(=O)NC(COC1OC(CO)C(OC2OC(CO)C(O)C(O)C2O)C(O)C1O)C(O)/C=C/CCCCCCCCCCCCCCCCCCC. The highest BCUT2D eigenvalue weighted by atomic mass is 16.7. The molecule has 9 N–H and O–H groups in total. The van der Waals surface area contributed by atoms with Gasteiger partial charge in [-0.3, -0.25) is 4.79 Å². The molecule has 0 bridgehead atoms. The van der Waals surface area contributed by atoms with Crippen molar-refractivity contribution in [3.8, 4) is 0 Å². The summed E-state index contributed by atoms with van der Waals surface area (Å²) in [5.74, 6) is -0.233. The maximum Gasteiger partial charge on any atom is 0.220 e. The number of hydrogen-bond acceptors (Lipinski definition) is 13. The lowest BCUT2D eigenvalue weighted by molar-refractivity contribution is -0.359. The molecule has 528 valence electrons. The zero-order valence-electron chi connectivity index (χ0n) is 57.6. The van der Waals surface area contributed by atoms with Crippen molar-refractivity contribution in [1.29, 1.82) is 0 Å². The third-order valence-electron chi connectivity index (χ3n) is 18.5. The third-order valence-corrected chi connectivity index (χ3v) is 18.5. The monoisotopic (exact) mass is 1280 g/mol. The maximum atomic E-state index is 13.3. The van der Waals surface area contributed by atoms with Gasteiger partial charge in [0, 0.05) is 6.42 Å². The molecule has 0 radical (unpaired) electrons. The zero-order valence-corrected chi connectivity index (χ0v) is 57.6. The lowest BCUT2D eigenvalue weighted by Crippen LogP contribution is -2.65. The third kappa shape index (κ3) is 43.8. The Labute approximate surface area is 550 Å². The lowest BCUT2D eigenvalue weighted by atomic mass is 9.97. The number of aliphatic hydroxyl groups is 8. The normalized spacial score (nSPS) is 23.1. The summed E-state index contributed by atoms with van der Waals surface area (Å²) < 4.78 is 22.9. The van der Waals surface area contributed by atoms with Gasteiger partial charge in [0.2, 0.25) is 5.91 Å². The van der Waals surface area contributed by atoms with E-state index in [2.05, 4.69) is 55.6 Å². The molecule has 2 aliphatic heterocycles. The fourth-order valence-corrected chi connectivity index (χ4v) is 12.5. The number of carbonyl (C=O) groups excluding carboxylic acids is 1. The smallest absolute Gasteiger partial charge is 0.220 e. The van der Waals surface area contributed by atoms with Crippen LogP contribution in [0, 0.1) is 0 Å². The average Bonchev–Trinajstić information content (AvgIpc) is 1.58. The Bertz CT molecular complexity index is 1690. The molecule has 0 aliphatic carbocycles. The highest BCUT2D eigenvalue weighted by Crippen LogP contribution is 2.30. The molecule has 12 atom stereocenters. The molecule has 2 saturated heterocycles. The number of hydrogen-bond donors (Lipinski definition) is 9. The molecule has 2 rings (SSSR count). The van der Waals surface area contributed by atoms with Crippen molar-refractivity contribution in [2.75, 3.05) is 19.8 Å². The second kappa shape index (κ2) is 60.6. The van der Waals surface area contributed by atoms with E-state index in [1.807, 2.05) is 6.08 Å². The number of allylic oxidation sites excluding steroid dienone is 7. The molecule has 90 heavy (non-hydrogen) atoms. The van der Waals surface area contributed by atoms with Gasteiger partial charge in [0.15, 0.2) is 12.6 Å². The van der Waals surface area contributed by atoms with E-state index in [1.165, 1.54) is 257 Å². The van der Waals surface area contributed by atoms with Crippen LogP contribution in [0.2, 0.25) is 0 Å². The van der Waals surface area contributed by atoms with Crippen LogP contribution in [0.1, 0.15) is 335 Å². The summed E-state index contributed by atoms with van der Waals surface area (Å²) in [6, 6.07) is -0.914. The highest BCUT2D eigenvalue weighted by Gasteiger charge is 2.51. The Morgan fingerprint density at radius 3 is 1.12 bits per heavy atom. The predicted molar refractivity (Wildman–Crippen MR) is 369 cm³/mol. The summed E-state index contributed by atoms with van der Waals surface area (Å²) in [7, 11) is 0. The summed E-state index contributed by atoms with van der Waals surface area (Å²) in [5.41, 5.74) is 0. The van der Waals surface area contributed by atoms with E-state index in [4.69, 9.17) is 18.9 Å². The first-order valence-corrected chi connectivity index (χ1v) is 37.9. The molecule has 0 saturated carbocycles. The summed E-state index contributed by atoms with van der Waals surface area (Å²) in [6.07, 6.45) is 63.3. The van der Waals surface area contributed by atoms with E-state index in [1.54, 1.807) is 6.08 Å². The fraction of sp³-hybridized carbons (Fsp3) is 0.882. The molecule has 2 fully saturated rings. The average molecular weight is 1280 g/mol. The first kappa shape index (κ1) is 84.0. The molecule has 2 aliphatic rings. The van der Waals surface area contributed by atoms with Crippen LogP contribution in [0.5, 0.6) is 0 Å². The maximum absolute atomic E-state index is 13.3. The van der Waals surface area contributed by atoms with Gasteiger partial charge in [-0.2, -0.15) is 0 Å². The molecule has 1 amide bonds. The molecule has 12 unspecified atom stereocenters. The predicted octanol–water partition coefficient (Wildman–Crippen LogP) is 16.2. The van der Waals surface area contributed by atoms with Gasteiger partial charge in [-0.25, -0.2) is 0 Å². The Kier molecular flexibility index (Phi) is 56.6. The van der Waals surface area contributed by atoms with E-state index >= 15 is 0 Å². The van der Waals surface area contributed by atoms with Gasteiger partial charge >= 0.3 is 0 Å². The van der Waals surface area contributed by atoms with Crippen molar-refractivity contribution in [2.45, 2.75) is 408 Å². The number of unbranched alkanes of at least 4 members (excludes halogenated alkanes) is 44. The van der Waals surface area contributed by atoms with Gasteiger partial charge in [0.25, 0.3) is 0 Å². The number of carbonyl (C=O) groups is 1. The van der Waals surface area contributed by atoms with E-state index in [0.717, 1.165) is 51.4 Å². The molecule has 0 aromatic rings. The van der Waals surface area contributed by atoms with Crippen molar-refractivity contribution < 1.29 is 64.6 Å². The van der Waals surface area contributed by atoms with Gasteiger partial charge in [-0.05, 0) is 57.8 Å². The van der Waals surface area contributed by atoms with E-state index in [9.17, 15) is 45.6 Å². The van der Waals surface area contributed by atoms with Crippen LogP contribution in [0.3, 0.4) is 0 Å². The minimum Gasteiger partial charge on any atom is -0.394 e. The lowest BCUT2D eigenvalue weighted by Gasteiger charge is -2.46. The Morgan fingerprint density at radius 1 is 0.400 bits per heavy atom. The van der Waals surface area contributed by atoms with Crippen LogP contribution in [0.15, 0.2) is 48.6 Å². The Morgan fingerprint density at radius 2 is 0.733 bits per heavy atom. The molecule has 0 aromatic heterocycles. The molecule has 2 heterocycles. The second-order valence-corrected chi connectivity index (χ2v) is 26.8. The topological polar surface area (TPSA) is 228 Å². The molecular weight excluding hydrogens is 1130 g/mol. The van der Waals surface area contributed by atoms with Gasteiger partial charge in [-0.15, -0.1) is 0 Å². The van der Waals surface area contributed by atoms with Crippen LogP contribution in [-0.2, 0) is 23.7 Å². The number of amides is 1. The molecular formula is C76H141NO13. The van der Waals surface area contributed by atoms with Gasteiger partial charge < -0.3 is 65.1 Å². The van der Waals surface area contributed by atoms with Crippen LogP contribution in [0.25, 0.3) is 0 Å². The standard InChI is InChI=1S/C76H141NO13/c1-3-5-7-9-11-13-15-17-19-21-23-24-25-26-27-28-29-30-31-32-33-34-35-36-37-38-39-40-42-44-46-48-50-52-54-56-58-60-68(81)77-64(65(80)59-57-55-53-51-49-47-45-43-41-22-20-18-16-14-12-10-8-6-4-2)63-87-75-73(86)71(84)74(67(62-79)89-75)90-76-72(85)70(83)69(82)66(61-78)88-76/h15,17,21,23,25-26,57,59,64-67,69-76,78-80,82-86H,3-14,16,18-20,22,24,27-56,58,60-63H2,1-2H3,(H,77,81)/b17-15-,23-21-,26-25-,59-57+. The summed E-state index contributed by atoms with van der Waals surface area (Å²) >= 11 is 0. The van der Waals surface area contributed by atoms with Crippen LogP contribution in [-0.4, -0.2) is 140 Å². The van der Waals surface area contributed by atoms with Crippen LogP contribution in [0.4, 0.5) is 0 Å². The second-order valence-electron chi connectivity index (χ2n) is 26.8. The first-order valence-electron chi connectivity index (χ1n) is 37.9. The summed E-state index contributed by atoms with van der Waals surface area (Å²) in [6.45, 7) is 2.83. The number of nitrogens with one attached hydrogen (secondary N) is 1. The largest absolute Gasteiger partial charge is 0.394 e. The van der Waals surface area contributed by atoms with E-state index in [-0.39, 0.29) is 18.9 Å².